The molecule has 1 aliphatic rings. The van der Waals surface area contributed by atoms with Crippen LogP contribution in [0.15, 0.2) is 30.9 Å². The summed E-state index contributed by atoms with van der Waals surface area (Å²) in [5.74, 6) is 0. The third kappa shape index (κ3) is 2.78. The highest BCUT2D eigenvalue weighted by atomic mass is 15.1. The first-order valence-corrected chi connectivity index (χ1v) is 6.01. The number of piperidine rings is 1. The second-order valence-corrected chi connectivity index (χ2v) is 4.18. The molecule has 0 aromatic heterocycles. The summed E-state index contributed by atoms with van der Waals surface area (Å²) in [6, 6.07) is 9.51. The lowest BCUT2D eigenvalue weighted by Crippen LogP contribution is -2.29. The van der Waals surface area contributed by atoms with Crippen LogP contribution in [0, 0.1) is 6.07 Å². The Bertz CT molecular complexity index is 340. The zero-order valence-electron chi connectivity index (χ0n) is 9.71. The first-order chi connectivity index (χ1) is 7.90. The molecule has 0 unspecified atom stereocenters. The van der Waals surface area contributed by atoms with Gasteiger partial charge in [0.1, 0.15) is 0 Å². The van der Waals surface area contributed by atoms with E-state index >= 15 is 0 Å². The summed E-state index contributed by atoms with van der Waals surface area (Å²) < 4.78 is 0. The lowest BCUT2D eigenvalue weighted by molar-refractivity contribution is 0.578. The Morgan fingerprint density at radius 3 is 2.94 bits per heavy atom. The molecule has 2 rings (SSSR count). The largest absolute Gasteiger partial charge is 0.381 e. The number of hydrogen-bond donors (Lipinski definition) is 1. The minimum Gasteiger partial charge on any atom is -0.381 e. The minimum absolute atomic E-state index is 0.792. The van der Waals surface area contributed by atoms with Crippen LogP contribution in [0.2, 0.25) is 0 Å². The monoisotopic (exact) mass is 215 g/mol. The van der Waals surface area contributed by atoms with Crippen LogP contribution >= 0.6 is 0 Å². The molecule has 0 spiro atoms. The average Bonchev–Trinajstić information content (AvgIpc) is 2.38. The maximum absolute atomic E-state index is 3.70. The minimum atomic E-state index is 0.792. The van der Waals surface area contributed by atoms with E-state index < -0.39 is 0 Å². The standard InChI is InChI=1S/C14H19N2/c1-2-9-15-13-7-6-8-14(12-13)16-10-4-3-5-11-16/h2,6,8,12,15H,1,3-5,9-11H2. The van der Waals surface area contributed by atoms with E-state index in [2.05, 4.69) is 35.0 Å². The number of anilines is 2. The molecule has 1 radical (unpaired) electrons. The third-order valence-corrected chi connectivity index (χ3v) is 2.94. The predicted octanol–water partition coefficient (Wildman–Crippen LogP) is 3.07. The number of rotatable bonds is 4. The molecule has 85 valence electrons. The molecule has 0 amide bonds. The Morgan fingerprint density at radius 2 is 2.19 bits per heavy atom. The summed E-state index contributed by atoms with van der Waals surface area (Å²) in [5, 5.41) is 3.27. The smallest absolute Gasteiger partial charge is 0.0443 e. The van der Waals surface area contributed by atoms with E-state index in [1.807, 2.05) is 12.1 Å². The van der Waals surface area contributed by atoms with Gasteiger partial charge in [0.05, 0.1) is 0 Å². The van der Waals surface area contributed by atoms with Gasteiger partial charge in [0.2, 0.25) is 0 Å². The quantitative estimate of drug-likeness (QED) is 0.776. The van der Waals surface area contributed by atoms with E-state index in [1.54, 1.807) is 0 Å². The van der Waals surface area contributed by atoms with Crippen LogP contribution in [-0.2, 0) is 0 Å². The van der Waals surface area contributed by atoms with Crippen LogP contribution in [0.3, 0.4) is 0 Å². The SMILES string of the molecule is C=CCNc1[c]ccc(N2CCCCC2)c1. The summed E-state index contributed by atoms with van der Waals surface area (Å²) >= 11 is 0. The molecule has 0 atom stereocenters. The van der Waals surface area contributed by atoms with E-state index in [0.29, 0.717) is 0 Å². The maximum Gasteiger partial charge on any atom is 0.0443 e. The van der Waals surface area contributed by atoms with Crippen molar-refractivity contribution in [2.45, 2.75) is 19.3 Å². The number of nitrogens with one attached hydrogen (secondary N) is 1. The molecule has 1 fully saturated rings. The van der Waals surface area contributed by atoms with Crippen LogP contribution in [0.4, 0.5) is 11.4 Å². The van der Waals surface area contributed by atoms with Gasteiger partial charge in [0, 0.05) is 37.1 Å². The number of nitrogens with zero attached hydrogens (tertiary/aromatic N) is 1. The average molecular weight is 215 g/mol. The Morgan fingerprint density at radius 1 is 1.38 bits per heavy atom. The van der Waals surface area contributed by atoms with Crippen molar-refractivity contribution in [2.24, 2.45) is 0 Å². The molecule has 1 N–H and O–H groups in total. The zero-order chi connectivity index (χ0) is 11.2. The van der Waals surface area contributed by atoms with Crippen molar-refractivity contribution in [3.63, 3.8) is 0 Å². The van der Waals surface area contributed by atoms with Gasteiger partial charge >= 0.3 is 0 Å². The van der Waals surface area contributed by atoms with Gasteiger partial charge < -0.3 is 10.2 Å². The molecule has 1 aromatic rings. The van der Waals surface area contributed by atoms with Crippen molar-refractivity contribution in [3.05, 3.63) is 36.9 Å². The van der Waals surface area contributed by atoms with Gasteiger partial charge in [-0.15, -0.1) is 6.58 Å². The first kappa shape index (κ1) is 11.1. The molecule has 0 aliphatic carbocycles. The fourth-order valence-electron chi connectivity index (χ4n) is 2.09. The second kappa shape index (κ2) is 5.59. The molecular formula is C14H19N2. The van der Waals surface area contributed by atoms with Gasteiger partial charge in [-0.2, -0.15) is 0 Å². The van der Waals surface area contributed by atoms with Gasteiger partial charge in [-0.25, -0.2) is 0 Å². The molecular weight excluding hydrogens is 196 g/mol. The first-order valence-electron chi connectivity index (χ1n) is 6.01. The van der Waals surface area contributed by atoms with Gasteiger partial charge in [-0.3, -0.25) is 0 Å². The van der Waals surface area contributed by atoms with Gasteiger partial charge in [0.25, 0.3) is 0 Å². The van der Waals surface area contributed by atoms with Crippen LogP contribution in [0.5, 0.6) is 0 Å². The molecule has 2 nitrogen and oxygen atoms in total. The summed E-state index contributed by atoms with van der Waals surface area (Å²) in [7, 11) is 0. The lowest BCUT2D eigenvalue weighted by Gasteiger charge is -2.29. The zero-order valence-corrected chi connectivity index (χ0v) is 9.71. The molecule has 1 saturated heterocycles. The molecule has 16 heavy (non-hydrogen) atoms. The summed E-state index contributed by atoms with van der Waals surface area (Å²) in [5.41, 5.74) is 2.37. The van der Waals surface area contributed by atoms with Crippen molar-refractivity contribution in [3.8, 4) is 0 Å². The van der Waals surface area contributed by atoms with E-state index in [0.717, 1.165) is 12.2 Å². The van der Waals surface area contributed by atoms with Crippen LogP contribution < -0.4 is 10.2 Å². The molecule has 2 heteroatoms. The fourth-order valence-corrected chi connectivity index (χ4v) is 2.09. The molecule has 1 heterocycles. The summed E-state index contributed by atoms with van der Waals surface area (Å²) in [4.78, 5) is 2.45. The van der Waals surface area contributed by atoms with Crippen molar-refractivity contribution < 1.29 is 0 Å². The van der Waals surface area contributed by atoms with Crippen LogP contribution in [0.25, 0.3) is 0 Å². The molecule has 0 saturated carbocycles. The maximum atomic E-state index is 3.70. The normalized spacial score (nSPS) is 15.9. The van der Waals surface area contributed by atoms with E-state index in [9.17, 15) is 0 Å². The predicted molar refractivity (Wildman–Crippen MR) is 70.0 cm³/mol. The van der Waals surface area contributed by atoms with E-state index in [1.165, 1.54) is 38.0 Å². The van der Waals surface area contributed by atoms with Gasteiger partial charge in [-0.05, 0) is 31.4 Å². The Hall–Kier alpha value is -1.44. The third-order valence-electron chi connectivity index (χ3n) is 2.94. The Kier molecular flexibility index (Phi) is 3.86. The number of benzene rings is 1. The lowest BCUT2D eigenvalue weighted by atomic mass is 10.1. The molecule has 1 aromatic carbocycles. The second-order valence-electron chi connectivity index (χ2n) is 4.18. The van der Waals surface area contributed by atoms with Crippen LogP contribution in [-0.4, -0.2) is 19.6 Å². The van der Waals surface area contributed by atoms with Crippen LogP contribution in [0.1, 0.15) is 19.3 Å². The Labute approximate surface area is 98.0 Å². The fraction of sp³-hybridized carbons (Fsp3) is 0.429. The molecule has 0 bridgehead atoms. The highest BCUT2D eigenvalue weighted by molar-refractivity contribution is 5.57. The Balaban J connectivity index is 2.05. The van der Waals surface area contributed by atoms with Crippen molar-refractivity contribution in [2.75, 3.05) is 29.9 Å². The topological polar surface area (TPSA) is 15.3 Å². The van der Waals surface area contributed by atoms with Crippen molar-refractivity contribution in [1.82, 2.24) is 0 Å². The summed E-state index contributed by atoms with van der Waals surface area (Å²) in [6.07, 6.45) is 5.86. The van der Waals surface area contributed by atoms with Gasteiger partial charge in [-0.1, -0.05) is 12.1 Å². The van der Waals surface area contributed by atoms with Gasteiger partial charge in [0.15, 0.2) is 0 Å². The molecule has 1 aliphatic heterocycles. The summed E-state index contributed by atoms with van der Waals surface area (Å²) in [6.45, 7) is 6.86. The van der Waals surface area contributed by atoms with E-state index in [-0.39, 0.29) is 0 Å². The highest BCUT2D eigenvalue weighted by Crippen LogP contribution is 2.22. The van der Waals surface area contributed by atoms with E-state index in [4.69, 9.17) is 0 Å². The van der Waals surface area contributed by atoms with Crippen molar-refractivity contribution >= 4 is 11.4 Å². The number of hydrogen-bond acceptors (Lipinski definition) is 2. The van der Waals surface area contributed by atoms with Crippen molar-refractivity contribution in [1.29, 1.82) is 0 Å². The highest BCUT2D eigenvalue weighted by Gasteiger charge is 2.10.